The summed E-state index contributed by atoms with van der Waals surface area (Å²) < 4.78 is 3.10. The van der Waals surface area contributed by atoms with Gasteiger partial charge in [0.25, 0.3) is 0 Å². The molecule has 3 nitrogen and oxygen atoms in total. The Morgan fingerprint density at radius 1 is 1.29 bits per heavy atom. The third kappa shape index (κ3) is 2.53. The summed E-state index contributed by atoms with van der Waals surface area (Å²) in [5.41, 5.74) is 1.05. The molecule has 0 bridgehead atoms. The number of hydrogen-bond acceptors (Lipinski definition) is 2. The highest BCUT2D eigenvalue weighted by molar-refractivity contribution is 9.10. The van der Waals surface area contributed by atoms with Gasteiger partial charge in [0.1, 0.15) is 5.82 Å². The van der Waals surface area contributed by atoms with Gasteiger partial charge in [0.2, 0.25) is 0 Å². The zero-order valence-corrected chi connectivity index (χ0v) is 11.9. The molecule has 0 atom stereocenters. The van der Waals surface area contributed by atoms with Crippen LogP contribution in [0.5, 0.6) is 0 Å². The van der Waals surface area contributed by atoms with E-state index in [0.29, 0.717) is 5.88 Å². The lowest BCUT2D eigenvalue weighted by atomic mass is 10.2. The van der Waals surface area contributed by atoms with Gasteiger partial charge in [0.05, 0.1) is 5.88 Å². The maximum Gasteiger partial charge on any atom is 0.165 e. The molecule has 2 rings (SSSR count). The average Bonchev–Trinajstić information content (AvgIpc) is 2.73. The summed E-state index contributed by atoms with van der Waals surface area (Å²) in [6, 6.07) is 8.00. The molecule has 2 aromatic rings. The summed E-state index contributed by atoms with van der Waals surface area (Å²) in [7, 11) is 0. The van der Waals surface area contributed by atoms with Crippen molar-refractivity contribution in [2.75, 3.05) is 0 Å². The van der Waals surface area contributed by atoms with Gasteiger partial charge in [0, 0.05) is 16.6 Å². The molecule has 1 aromatic carbocycles. The van der Waals surface area contributed by atoms with Crippen LogP contribution in [0.4, 0.5) is 0 Å². The maximum atomic E-state index is 5.87. The predicted octanol–water partition coefficient (Wildman–Crippen LogP) is 3.86. The molecule has 0 saturated heterocycles. The van der Waals surface area contributed by atoms with E-state index in [1.54, 1.807) is 0 Å². The first-order valence-electron chi connectivity index (χ1n) is 5.50. The molecular weight excluding hydrogens is 302 g/mol. The summed E-state index contributed by atoms with van der Waals surface area (Å²) in [6.45, 7) is 3.01. The molecule has 0 aliphatic carbocycles. The van der Waals surface area contributed by atoms with Crippen molar-refractivity contribution in [1.82, 2.24) is 14.8 Å². The van der Waals surface area contributed by atoms with Gasteiger partial charge in [-0.25, -0.2) is 0 Å². The van der Waals surface area contributed by atoms with Gasteiger partial charge in [-0.2, -0.15) is 0 Å². The van der Waals surface area contributed by atoms with Crippen LogP contribution in [0.15, 0.2) is 28.7 Å². The second kappa shape index (κ2) is 5.65. The van der Waals surface area contributed by atoms with E-state index in [1.165, 1.54) is 0 Å². The normalized spacial score (nSPS) is 10.8. The molecule has 5 heteroatoms. The molecule has 0 saturated carbocycles. The topological polar surface area (TPSA) is 30.7 Å². The fourth-order valence-electron chi connectivity index (χ4n) is 1.73. The van der Waals surface area contributed by atoms with E-state index in [9.17, 15) is 0 Å². The maximum absolute atomic E-state index is 5.87. The molecule has 0 aliphatic heterocycles. The zero-order valence-electron chi connectivity index (χ0n) is 9.53. The van der Waals surface area contributed by atoms with Gasteiger partial charge >= 0.3 is 0 Å². The number of rotatable bonds is 4. The quantitative estimate of drug-likeness (QED) is 0.802. The molecule has 0 radical (unpaired) electrons. The molecule has 0 amide bonds. The highest BCUT2D eigenvalue weighted by Crippen LogP contribution is 2.27. The van der Waals surface area contributed by atoms with Gasteiger partial charge in [-0.1, -0.05) is 41.1 Å². The summed E-state index contributed by atoms with van der Waals surface area (Å²) in [4.78, 5) is 0. The number of benzene rings is 1. The van der Waals surface area contributed by atoms with Gasteiger partial charge in [0.15, 0.2) is 5.82 Å². The van der Waals surface area contributed by atoms with Crippen LogP contribution in [-0.2, 0) is 12.4 Å². The fourth-order valence-corrected chi connectivity index (χ4v) is 2.39. The lowest BCUT2D eigenvalue weighted by molar-refractivity contribution is 0.659. The van der Waals surface area contributed by atoms with Crippen molar-refractivity contribution < 1.29 is 0 Å². The van der Waals surface area contributed by atoms with Crippen LogP contribution in [-0.4, -0.2) is 14.8 Å². The van der Waals surface area contributed by atoms with Crippen molar-refractivity contribution in [1.29, 1.82) is 0 Å². The Hall–Kier alpha value is -0.870. The molecule has 0 N–H and O–H groups in total. The molecule has 0 aliphatic rings. The smallest absolute Gasteiger partial charge is 0.165 e. The molecule has 0 spiro atoms. The van der Waals surface area contributed by atoms with E-state index < -0.39 is 0 Å². The summed E-state index contributed by atoms with van der Waals surface area (Å²) in [5, 5.41) is 8.37. The second-order valence-electron chi connectivity index (χ2n) is 3.70. The van der Waals surface area contributed by atoms with Crippen molar-refractivity contribution in [2.45, 2.75) is 25.8 Å². The number of hydrogen-bond donors (Lipinski definition) is 0. The Morgan fingerprint density at radius 2 is 2.06 bits per heavy atom. The molecule has 1 aromatic heterocycles. The predicted molar refractivity (Wildman–Crippen MR) is 73.0 cm³/mol. The minimum Gasteiger partial charge on any atom is -0.310 e. The van der Waals surface area contributed by atoms with Crippen LogP contribution in [0.1, 0.15) is 19.2 Å². The number of alkyl halides is 1. The van der Waals surface area contributed by atoms with E-state index in [2.05, 4.69) is 37.6 Å². The Kier molecular flexibility index (Phi) is 4.18. The van der Waals surface area contributed by atoms with Gasteiger partial charge < -0.3 is 4.57 Å². The van der Waals surface area contributed by atoms with Crippen LogP contribution in [0, 0.1) is 0 Å². The van der Waals surface area contributed by atoms with Crippen LogP contribution in [0.25, 0.3) is 11.4 Å². The second-order valence-corrected chi connectivity index (χ2v) is 4.83. The Labute approximate surface area is 114 Å². The first kappa shape index (κ1) is 12.6. The van der Waals surface area contributed by atoms with E-state index >= 15 is 0 Å². The van der Waals surface area contributed by atoms with Crippen molar-refractivity contribution in [2.24, 2.45) is 0 Å². The standard InChI is InChI=1S/C12H13BrClN3/c1-2-7-17-11(8-14)15-16-12(17)9-5-3-4-6-10(9)13/h3-6H,2,7-8H2,1H3. The summed E-state index contributed by atoms with van der Waals surface area (Å²) >= 11 is 9.41. The van der Waals surface area contributed by atoms with Crippen molar-refractivity contribution in [3.05, 3.63) is 34.6 Å². The lowest BCUT2D eigenvalue weighted by Gasteiger charge is -2.08. The minimum atomic E-state index is 0.386. The average molecular weight is 315 g/mol. The minimum absolute atomic E-state index is 0.386. The van der Waals surface area contributed by atoms with Crippen LogP contribution in [0.3, 0.4) is 0 Å². The molecule has 0 fully saturated rings. The fraction of sp³-hybridized carbons (Fsp3) is 0.333. The highest BCUT2D eigenvalue weighted by Gasteiger charge is 2.14. The first-order valence-corrected chi connectivity index (χ1v) is 6.83. The van der Waals surface area contributed by atoms with Crippen LogP contribution >= 0.6 is 27.5 Å². The number of aromatic nitrogens is 3. The van der Waals surface area contributed by atoms with Crippen LogP contribution < -0.4 is 0 Å². The molecule has 90 valence electrons. The van der Waals surface area contributed by atoms with Crippen molar-refractivity contribution in [3.8, 4) is 11.4 Å². The Morgan fingerprint density at radius 3 is 2.71 bits per heavy atom. The van der Waals surface area contributed by atoms with E-state index in [-0.39, 0.29) is 0 Å². The van der Waals surface area contributed by atoms with E-state index in [1.807, 2.05) is 24.3 Å². The third-order valence-electron chi connectivity index (χ3n) is 2.51. The van der Waals surface area contributed by atoms with Gasteiger partial charge in [-0.15, -0.1) is 21.8 Å². The molecule has 1 heterocycles. The monoisotopic (exact) mass is 313 g/mol. The third-order valence-corrected chi connectivity index (χ3v) is 3.44. The molecule has 0 unspecified atom stereocenters. The number of halogens is 2. The lowest BCUT2D eigenvalue weighted by Crippen LogP contribution is -2.04. The van der Waals surface area contributed by atoms with Gasteiger partial charge in [-0.3, -0.25) is 0 Å². The zero-order chi connectivity index (χ0) is 12.3. The first-order chi connectivity index (χ1) is 8.27. The Balaban J connectivity index is 2.52. The number of nitrogens with zero attached hydrogens (tertiary/aromatic N) is 3. The highest BCUT2D eigenvalue weighted by atomic mass is 79.9. The SMILES string of the molecule is CCCn1c(CCl)nnc1-c1ccccc1Br. The van der Waals surface area contributed by atoms with Crippen LogP contribution in [0.2, 0.25) is 0 Å². The summed E-state index contributed by atoms with van der Waals surface area (Å²) in [6.07, 6.45) is 1.03. The molecular formula is C12H13BrClN3. The Bertz CT molecular complexity index is 510. The van der Waals surface area contributed by atoms with Crippen molar-refractivity contribution >= 4 is 27.5 Å². The summed E-state index contributed by atoms with van der Waals surface area (Å²) in [5.74, 6) is 2.08. The van der Waals surface area contributed by atoms with Gasteiger partial charge in [-0.05, 0) is 12.5 Å². The largest absolute Gasteiger partial charge is 0.310 e. The van der Waals surface area contributed by atoms with Crippen molar-refractivity contribution in [3.63, 3.8) is 0 Å². The van der Waals surface area contributed by atoms with E-state index in [0.717, 1.165) is 34.7 Å². The molecule has 17 heavy (non-hydrogen) atoms. The van der Waals surface area contributed by atoms with E-state index in [4.69, 9.17) is 11.6 Å².